The summed E-state index contributed by atoms with van der Waals surface area (Å²) in [4.78, 5) is 14.8. The summed E-state index contributed by atoms with van der Waals surface area (Å²) in [5.74, 6) is 1.11. The number of benzene rings is 2. The second-order valence-corrected chi connectivity index (χ2v) is 7.94. The molecule has 1 amide bonds. The Bertz CT molecular complexity index is 703. The van der Waals surface area contributed by atoms with E-state index >= 15 is 0 Å². The van der Waals surface area contributed by atoms with Gasteiger partial charge in [0.1, 0.15) is 0 Å². The second kappa shape index (κ2) is 7.54. The van der Waals surface area contributed by atoms with Gasteiger partial charge in [0.05, 0.1) is 5.56 Å². The van der Waals surface area contributed by atoms with E-state index in [0.717, 1.165) is 35.3 Å². The maximum absolute atomic E-state index is 12.8. The van der Waals surface area contributed by atoms with E-state index < -0.39 is 0 Å². The lowest BCUT2D eigenvalue weighted by Crippen LogP contribution is -2.33. The summed E-state index contributed by atoms with van der Waals surface area (Å²) in [7, 11) is 0. The molecule has 1 atom stereocenters. The molecule has 0 aromatic heterocycles. The molecule has 0 spiro atoms. The van der Waals surface area contributed by atoms with Crippen molar-refractivity contribution in [3.63, 3.8) is 0 Å². The van der Waals surface area contributed by atoms with Crippen molar-refractivity contribution in [2.24, 2.45) is 0 Å². The van der Waals surface area contributed by atoms with Crippen molar-refractivity contribution in [1.29, 1.82) is 0 Å². The van der Waals surface area contributed by atoms with Gasteiger partial charge in [-0.05, 0) is 52.5 Å². The van der Waals surface area contributed by atoms with Crippen molar-refractivity contribution in [3.8, 4) is 0 Å². The van der Waals surface area contributed by atoms with Crippen LogP contribution >= 0.6 is 27.7 Å². The normalized spacial score (nSPS) is 18.5. The molecule has 23 heavy (non-hydrogen) atoms. The molecule has 4 heteroatoms. The first-order valence-corrected chi connectivity index (χ1v) is 9.72. The highest BCUT2D eigenvalue weighted by molar-refractivity contribution is 9.10. The second-order valence-electron chi connectivity index (χ2n) is 5.78. The number of hydrogen-bond acceptors (Lipinski definition) is 2. The number of carbonyl (C=O) groups excluding carboxylic acids is 1. The molecule has 2 nitrogen and oxygen atoms in total. The molecule has 1 heterocycles. The summed E-state index contributed by atoms with van der Waals surface area (Å²) in [6.07, 6.45) is 1.01. The minimum Gasteiger partial charge on any atom is -0.338 e. The van der Waals surface area contributed by atoms with Crippen molar-refractivity contribution in [2.45, 2.75) is 18.6 Å². The molecule has 0 unspecified atom stereocenters. The Morgan fingerprint density at radius 3 is 2.65 bits per heavy atom. The molecule has 0 radical (unpaired) electrons. The number of nitrogens with zero attached hydrogens (tertiary/aromatic N) is 1. The summed E-state index contributed by atoms with van der Waals surface area (Å²) < 4.78 is 0.873. The molecule has 120 valence electrons. The Balaban J connectivity index is 1.73. The zero-order valence-electron chi connectivity index (χ0n) is 13.2. The SMILES string of the molecule is Cc1ccccc1[C@@H]1CCN(C(=O)c2ccccc2Br)CCS1. The van der Waals surface area contributed by atoms with Crippen LogP contribution in [0, 0.1) is 6.92 Å². The van der Waals surface area contributed by atoms with E-state index in [9.17, 15) is 4.79 Å². The molecular formula is C19H20BrNOS. The highest BCUT2D eigenvalue weighted by Crippen LogP contribution is 2.36. The van der Waals surface area contributed by atoms with Gasteiger partial charge in [0.15, 0.2) is 0 Å². The number of hydrogen-bond donors (Lipinski definition) is 0. The van der Waals surface area contributed by atoms with E-state index in [4.69, 9.17) is 0 Å². The van der Waals surface area contributed by atoms with Gasteiger partial charge in [-0.25, -0.2) is 0 Å². The maximum Gasteiger partial charge on any atom is 0.255 e. The molecule has 2 aromatic rings. The van der Waals surface area contributed by atoms with Crippen molar-refractivity contribution in [3.05, 3.63) is 69.7 Å². The van der Waals surface area contributed by atoms with E-state index in [0.29, 0.717) is 5.25 Å². The monoisotopic (exact) mass is 389 g/mol. The maximum atomic E-state index is 12.8. The molecule has 1 aliphatic rings. The Labute approximate surface area is 150 Å². The molecule has 1 aliphatic heterocycles. The fraction of sp³-hybridized carbons (Fsp3) is 0.316. The average molecular weight is 390 g/mol. The highest BCUT2D eigenvalue weighted by Gasteiger charge is 2.24. The molecule has 1 fully saturated rings. The molecular weight excluding hydrogens is 370 g/mol. The van der Waals surface area contributed by atoms with Crippen molar-refractivity contribution < 1.29 is 4.79 Å². The van der Waals surface area contributed by atoms with E-state index in [1.165, 1.54) is 11.1 Å². The van der Waals surface area contributed by atoms with Crippen LogP contribution in [0.25, 0.3) is 0 Å². The fourth-order valence-corrected chi connectivity index (χ4v) is 4.76. The van der Waals surface area contributed by atoms with Crippen LogP contribution in [0.2, 0.25) is 0 Å². The van der Waals surface area contributed by atoms with E-state index in [1.807, 2.05) is 40.9 Å². The number of halogens is 1. The quantitative estimate of drug-likeness (QED) is 0.713. The minimum absolute atomic E-state index is 0.128. The number of amides is 1. The predicted molar refractivity (Wildman–Crippen MR) is 101 cm³/mol. The number of thioether (sulfide) groups is 1. The smallest absolute Gasteiger partial charge is 0.255 e. The van der Waals surface area contributed by atoms with Gasteiger partial charge in [-0.15, -0.1) is 0 Å². The molecule has 3 rings (SSSR count). The first-order valence-electron chi connectivity index (χ1n) is 7.88. The third-order valence-electron chi connectivity index (χ3n) is 4.27. The number of aryl methyl sites for hydroxylation is 1. The largest absolute Gasteiger partial charge is 0.338 e. The van der Waals surface area contributed by atoms with Gasteiger partial charge >= 0.3 is 0 Å². The van der Waals surface area contributed by atoms with Crippen LogP contribution in [-0.2, 0) is 0 Å². The lowest BCUT2D eigenvalue weighted by Gasteiger charge is -2.21. The van der Waals surface area contributed by atoms with Gasteiger partial charge in [-0.2, -0.15) is 11.8 Å². The van der Waals surface area contributed by atoms with Gasteiger partial charge in [-0.1, -0.05) is 36.4 Å². The summed E-state index contributed by atoms with van der Waals surface area (Å²) in [6.45, 7) is 3.80. The molecule has 0 aliphatic carbocycles. The van der Waals surface area contributed by atoms with Gasteiger partial charge in [-0.3, -0.25) is 4.79 Å². The zero-order chi connectivity index (χ0) is 16.2. The summed E-state index contributed by atoms with van der Waals surface area (Å²) in [6, 6.07) is 16.3. The molecule has 0 saturated carbocycles. The topological polar surface area (TPSA) is 20.3 Å². The third kappa shape index (κ3) is 3.81. The Morgan fingerprint density at radius 1 is 1.13 bits per heavy atom. The van der Waals surface area contributed by atoms with Crippen LogP contribution in [-0.4, -0.2) is 29.6 Å². The van der Waals surface area contributed by atoms with Gasteiger partial charge in [0.25, 0.3) is 5.91 Å². The Morgan fingerprint density at radius 2 is 1.87 bits per heavy atom. The first kappa shape index (κ1) is 16.6. The molecule has 0 bridgehead atoms. The third-order valence-corrected chi connectivity index (χ3v) is 6.27. The number of carbonyl (C=O) groups is 1. The van der Waals surface area contributed by atoms with Crippen LogP contribution in [0.5, 0.6) is 0 Å². The van der Waals surface area contributed by atoms with Gasteiger partial charge in [0.2, 0.25) is 0 Å². The fourth-order valence-electron chi connectivity index (χ4n) is 2.97. The zero-order valence-corrected chi connectivity index (χ0v) is 15.6. The molecule has 1 saturated heterocycles. The first-order chi connectivity index (χ1) is 11.2. The number of rotatable bonds is 2. The predicted octanol–water partition coefficient (Wildman–Crippen LogP) is 5.08. The van der Waals surface area contributed by atoms with Crippen LogP contribution in [0.4, 0.5) is 0 Å². The molecule has 2 aromatic carbocycles. The minimum atomic E-state index is 0.128. The van der Waals surface area contributed by atoms with Gasteiger partial charge < -0.3 is 4.90 Å². The van der Waals surface area contributed by atoms with Crippen LogP contribution in [0.3, 0.4) is 0 Å². The van der Waals surface area contributed by atoms with Crippen molar-refractivity contribution in [1.82, 2.24) is 4.90 Å². The van der Waals surface area contributed by atoms with Crippen LogP contribution in [0.1, 0.15) is 33.2 Å². The van der Waals surface area contributed by atoms with Crippen LogP contribution in [0.15, 0.2) is 53.0 Å². The standard InChI is InChI=1S/C19H20BrNOS/c1-14-6-2-3-7-15(14)18-10-11-21(12-13-23-18)19(22)16-8-4-5-9-17(16)20/h2-9,18H,10-13H2,1H3/t18-/m0/s1. The Hall–Kier alpha value is -1.26. The average Bonchev–Trinajstić information content (AvgIpc) is 2.81. The summed E-state index contributed by atoms with van der Waals surface area (Å²) in [5.41, 5.74) is 3.51. The van der Waals surface area contributed by atoms with E-state index in [-0.39, 0.29) is 5.91 Å². The summed E-state index contributed by atoms with van der Waals surface area (Å²) in [5, 5.41) is 0.480. The Kier molecular flexibility index (Phi) is 5.44. The molecule has 0 N–H and O–H groups in total. The lowest BCUT2D eigenvalue weighted by atomic mass is 10.0. The van der Waals surface area contributed by atoms with Crippen molar-refractivity contribution >= 4 is 33.6 Å². The highest BCUT2D eigenvalue weighted by atomic mass is 79.9. The van der Waals surface area contributed by atoms with Crippen molar-refractivity contribution in [2.75, 3.05) is 18.8 Å². The van der Waals surface area contributed by atoms with E-state index in [2.05, 4.69) is 47.1 Å². The van der Waals surface area contributed by atoms with Gasteiger partial charge in [0, 0.05) is 28.6 Å². The van der Waals surface area contributed by atoms with E-state index in [1.54, 1.807) is 0 Å². The summed E-state index contributed by atoms with van der Waals surface area (Å²) >= 11 is 5.45. The van der Waals surface area contributed by atoms with Crippen LogP contribution < -0.4 is 0 Å². The lowest BCUT2D eigenvalue weighted by molar-refractivity contribution is 0.0765.